The van der Waals surface area contributed by atoms with Gasteiger partial charge in [0.1, 0.15) is 6.61 Å². The maximum absolute atomic E-state index is 12.4. The van der Waals surface area contributed by atoms with Gasteiger partial charge < -0.3 is 20.1 Å². The third-order valence-electron chi connectivity index (χ3n) is 5.51. The molecule has 0 radical (unpaired) electrons. The normalized spacial score (nSPS) is 20.8. The Labute approximate surface area is 171 Å². The Morgan fingerprint density at radius 1 is 1.03 bits per heavy atom. The number of methoxy groups -OCH3 is 1. The van der Waals surface area contributed by atoms with Crippen LogP contribution in [-0.4, -0.2) is 60.8 Å². The van der Waals surface area contributed by atoms with Crippen molar-refractivity contribution < 1.29 is 19.4 Å². The number of carbonyl (C=O) groups is 2. The summed E-state index contributed by atoms with van der Waals surface area (Å²) >= 11 is 0. The number of rotatable bonds is 8. The van der Waals surface area contributed by atoms with Gasteiger partial charge in [-0.2, -0.15) is 0 Å². The highest BCUT2D eigenvalue weighted by molar-refractivity contribution is 5.79. The fourth-order valence-electron chi connectivity index (χ4n) is 4.10. The number of nitrogens with one attached hydrogen (secondary N) is 1. The summed E-state index contributed by atoms with van der Waals surface area (Å²) in [6.45, 7) is 2.00. The topological polar surface area (TPSA) is 78.9 Å². The molecule has 2 N–H and O–H groups in total. The molecular weight excluding hydrogens is 368 g/mol. The van der Waals surface area contributed by atoms with Gasteiger partial charge in [0.05, 0.1) is 18.7 Å². The molecule has 2 amide bonds. The van der Waals surface area contributed by atoms with Crippen LogP contribution in [0.25, 0.3) is 11.1 Å². The van der Waals surface area contributed by atoms with Crippen molar-refractivity contribution >= 4 is 11.8 Å². The zero-order valence-electron chi connectivity index (χ0n) is 16.9. The van der Waals surface area contributed by atoms with Crippen LogP contribution < -0.4 is 5.32 Å². The van der Waals surface area contributed by atoms with Gasteiger partial charge >= 0.3 is 0 Å². The van der Waals surface area contributed by atoms with E-state index in [0.29, 0.717) is 13.0 Å². The van der Waals surface area contributed by atoms with Crippen LogP contribution in [-0.2, 0) is 14.3 Å². The second kappa shape index (κ2) is 9.67. The first-order valence-electron chi connectivity index (χ1n) is 9.93. The first kappa shape index (κ1) is 21.0. The number of hydrogen-bond donors (Lipinski definition) is 2. The number of benzene rings is 2. The Kier molecular flexibility index (Phi) is 7.01. The minimum Gasteiger partial charge on any atom is -0.394 e. The number of aliphatic hydroxyl groups excluding tert-OH is 1. The number of carbonyl (C=O) groups excluding carboxylic acids is 2. The van der Waals surface area contributed by atoms with E-state index in [0.717, 1.165) is 16.7 Å². The molecule has 1 saturated heterocycles. The molecule has 0 spiro atoms. The Balaban J connectivity index is 1.81. The predicted octanol–water partition coefficient (Wildman–Crippen LogP) is 2.18. The molecule has 6 nitrogen and oxygen atoms in total. The molecule has 3 atom stereocenters. The van der Waals surface area contributed by atoms with Crippen molar-refractivity contribution in [2.24, 2.45) is 0 Å². The van der Waals surface area contributed by atoms with Gasteiger partial charge in [0.25, 0.3) is 0 Å². The Hall–Kier alpha value is -2.70. The number of likely N-dealkylation sites (tertiary alicyclic amines) is 1. The van der Waals surface area contributed by atoms with Crippen LogP contribution in [0.1, 0.15) is 24.8 Å². The molecule has 0 aliphatic carbocycles. The highest BCUT2D eigenvalue weighted by Crippen LogP contribution is 2.41. The highest BCUT2D eigenvalue weighted by atomic mass is 16.5. The molecule has 0 bridgehead atoms. The summed E-state index contributed by atoms with van der Waals surface area (Å²) in [6, 6.07) is 17.9. The molecule has 2 aromatic rings. The van der Waals surface area contributed by atoms with Crippen molar-refractivity contribution in [3.8, 4) is 11.1 Å². The van der Waals surface area contributed by atoms with Gasteiger partial charge in [0.15, 0.2) is 0 Å². The Morgan fingerprint density at radius 2 is 1.69 bits per heavy atom. The number of aliphatic hydroxyl groups is 1. The zero-order valence-corrected chi connectivity index (χ0v) is 16.9. The van der Waals surface area contributed by atoms with Crippen molar-refractivity contribution in [3.05, 3.63) is 60.2 Å². The lowest BCUT2D eigenvalue weighted by molar-refractivity contribution is -0.150. The second-order valence-corrected chi connectivity index (χ2v) is 7.22. The molecule has 154 valence electrons. The SMILES string of the molecule is CCC(=O)N1[C@H](CNC(=O)COC)[C@H](c2ccc(-c3ccccc3)cc2)[C@@H]1CO. The molecule has 29 heavy (non-hydrogen) atoms. The number of amides is 2. The quantitative estimate of drug-likeness (QED) is 0.717. The molecule has 6 heteroatoms. The maximum Gasteiger partial charge on any atom is 0.246 e. The Bertz CT molecular complexity index is 823. The van der Waals surface area contributed by atoms with Crippen molar-refractivity contribution in [2.75, 3.05) is 26.9 Å². The summed E-state index contributed by atoms with van der Waals surface area (Å²) in [5.74, 6) is -0.280. The molecule has 1 heterocycles. The number of nitrogens with zero attached hydrogens (tertiary/aromatic N) is 1. The van der Waals surface area contributed by atoms with Crippen molar-refractivity contribution in [3.63, 3.8) is 0 Å². The average molecular weight is 396 g/mol. The van der Waals surface area contributed by atoms with Crippen LogP contribution >= 0.6 is 0 Å². The van der Waals surface area contributed by atoms with Crippen LogP contribution in [0.5, 0.6) is 0 Å². The molecule has 3 rings (SSSR count). The highest BCUT2D eigenvalue weighted by Gasteiger charge is 2.50. The van der Waals surface area contributed by atoms with E-state index in [1.54, 1.807) is 11.8 Å². The van der Waals surface area contributed by atoms with Crippen LogP contribution in [0.4, 0.5) is 0 Å². The standard InChI is InChI=1S/C23H28N2O4/c1-3-22(28)25-19(13-24-21(27)15-29-2)23(20(25)14-26)18-11-9-17(10-12-18)16-7-5-4-6-8-16/h4-12,19-20,23,26H,3,13-15H2,1-2H3,(H,24,27)/t19-,20+,23+/m1/s1. The molecular formula is C23H28N2O4. The average Bonchev–Trinajstić information content (AvgIpc) is 2.74. The summed E-state index contributed by atoms with van der Waals surface area (Å²) in [6.07, 6.45) is 0.360. The molecule has 0 unspecified atom stereocenters. The summed E-state index contributed by atoms with van der Waals surface area (Å²) < 4.78 is 4.86. The van der Waals surface area contributed by atoms with Gasteiger partial charge in [0.2, 0.25) is 11.8 Å². The van der Waals surface area contributed by atoms with E-state index in [9.17, 15) is 14.7 Å². The van der Waals surface area contributed by atoms with Crippen LogP contribution in [0.15, 0.2) is 54.6 Å². The first-order chi connectivity index (χ1) is 14.1. The van der Waals surface area contributed by atoms with Crippen LogP contribution in [0.3, 0.4) is 0 Å². The molecule has 0 aromatic heterocycles. The Morgan fingerprint density at radius 3 is 2.28 bits per heavy atom. The lowest BCUT2D eigenvalue weighted by Gasteiger charge is -2.55. The van der Waals surface area contributed by atoms with Gasteiger partial charge in [-0.05, 0) is 16.7 Å². The van der Waals surface area contributed by atoms with E-state index < -0.39 is 0 Å². The smallest absolute Gasteiger partial charge is 0.246 e. The van der Waals surface area contributed by atoms with E-state index in [-0.39, 0.29) is 43.0 Å². The van der Waals surface area contributed by atoms with Gasteiger partial charge in [-0.25, -0.2) is 0 Å². The van der Waals surface area contributed by atoms with Crippen molar-refractivity contribution in [2.45, 2.75) is 31.3 Å². The third kappa shape index (κ3) is 4.49. The van der Waals surface area contributed by atoms with E-state index in [2.05, 4.69) is 29.6 Å². The van der Waals surface area contributed by atoms with E-state index in [4.69, 9.17) is 4.74 Å². The van der Waals surface area contributed by atoms with E-state index in [1.807, 2.05) is 30.3 Å². The predicted molar refractivity (Wildman–Crippen MR) is 111 cm³/mol. The maximum atomic E-state index is 12.4. The van der Waals surface area contributed by atoms with Gasteiger partial charge in [-0.3, -0.25) is 9.59 Å². The molecule has 1 aliphatic rings. The molecule has 0 saturated carbocycles. The van der Waals surface area contributed by atoms with Gasteiger partial charge in [0, 0.05) is 26.0 Å². The summed E-state index contributed by atoms with van der Waals surface area (Å²) in [5.41, 5.74) is 3.30. The van der Waals surface area contributed by atoms with Gasteiger partial charge in [-0.1, -0.05) is 61.5 Å². The summed E-state index contributed by atoms with van der Waals surface area (Å²) in [4.78, 5) is 26.0. The third-order valence-corrected chi connectivity index (χ3v) is 5.51. The second-order valence-electron chi connectivity index (χ2n) is 7.22. The molecule has 2 aromatic carbocycles. The molecule has 1 fully saturated rings. The van der Waals surface area contributed by atoms with E-state index >= 15 is 0 Å². The monoisotopic (exact) mass is 396 g/mol. The minimum atomic E-state index is -0.283. The first-order valence-corrected chi connectivity index (χ1v) is 9.93. The van der Waals surface area contributed by atoms with Gasteiger partial charge in [-0.15, -0.1) is 0 Å². The summed E-state index contributed by atoms with van der Waals surface area (Å²) in [5, 5.41) is 12.8. The fraction of sp³-hybridized carbons (Fsp3) is 0.391. The summed E-state index contributed by atoms with van der Waals surface area (Å²) in [7, 11) is 1.47. The van der Waals surface area contributed by atoms with Crippen molar-refractivity contribution in [1.82, 2.24) is 10.2 Å². The fourth-order valence-corrected chi connectivity index (χ4v) is 4.10. The van der Waals surface area contributed by atoms with Crippen LogP contribution in [0.2, 0.25) is 0 Å². The van der Waals surface area contributed by atoms with Crippen LogP contribution in [0, 0.1) is 0 Å². The lowest BCUT2D eigenvalue weighted by Crippen LogP contribution is -2.68. The van der Waals surface area contributed by atoms with Crippen molar-refractivity contribution in [1.29, 1.82) is 0 Å². The minimum absolute atomic E-state index is 0.0195. The largest absolute Gasteiger partial charge is 0.394 e. The molecule has 1 aliphatic heterocycles. The lowest BCUT2D eigenvalue weighted by atomic mass is 9.74. The van der Waals surface area contributed by atoms with E-state index in [1.165, 1.54) is 7.11 Å². The number of hydrogen-bond acceptors (Lipinski definition) is 4. The number of ether oxygens (including phenoxy) is 1. The zero-order chi connectivity index (χ0) is 20.8.